The van der Waals surface area contributed by atoms with Crippen molar-refractivity contribution >= 4 is 17.8 Å². The van der Waals surface area contributed by atoms with Crippen LogP contribution in [0.25, 0.3) is 34.0 Å². The molecule has 2 heterocycles. The molecule has 2 amide bonds. The molecule has 11 heteroatoms. The first-order valence-corrected chi connectivity index (χ1v) is 18.2. The van der Waals surface area contributed by atoms with E-state index in [0.29, 0.717) is 23.7 Å². The lowest BCUT2D eigenvalue weighted by molar-refractivity contribution is -0.137. The van der Waals surface area contributed by atoms with E-state index in [1.165, 1.54) is 12.8 Å². The Kier molecular flexibility index (Phi) is 13.2. The number of carboxylic acids is 1. The summed E-state index contributed by atoms with van der Waals surface area (Å²) in [5, 5.41) is 18.7. The van der Waals surface area contributed by atoms with Crippen LogP contribution in [0, 0.1) is 5.92 Å². The number of rotatable bonds is 17. The van der Waals surface area contributed by atoms with Crippen LogP contribution in [0.1, 0.15) is 87.1 Å². The van der Waals surface area contributed by atoms with Crippen LogP contribution in [-0.2, 0) is 27.8 Å². The van der Waals surface area contributed by atoms with E-state index >= 15 is 0 Å². The van der Waals surface area contributed by atoms with Gasteiger partial charge in [0.1, 0.15) is 0 Å². The fourth-order valence-corrected chi connectivity index (χ4v) is 5.82. The Balaban J connectivity index is 1.20. The summed E-state index contributed by atoms with van der Waals surface area (Å²) >= 11 is 0. The number of aromatic nitrogens is 4. The van der Waals surface area contributed by atoms with Crippen LogP contribution in [0.5, 0.6) is 0 Å². The van der Waals surface area contributed by atoms with Crippen molar-refractivity contribution in [3.8, 4) is 34.0 Å². The van der Waals surface area contributed by atoms with Gasteiger partial charge in [-0.3, -0.25) is 14.4 Å². The van der Waals surface area contributed by atoms with E-state index in [1.54, 1.807) is 24.5 Å². The molecule has 0 saturated heterocycles. The molecule has 0 saturated carbocycles. The molecule has 0 bridgehead atoms. The Morgan fingerprint density at radius 3 is 2.09 bits per heavy atom. The summed E-state index contributed by atoms with van der Waals surface area (Å²) in [5.74, 6) is -0.431. The van der Waals surface area contributed by atoms with Crippen molar-refractivity contribution in [2.45, 2.75) is 78.1 Å². The SMILES string of the molecule is CCCCCCc1noc(-c2ccc(-c3cnc(-c4ccc(C[C@H](CNC(=O)c5ccc(C(C)(C)C)cc5)C(=O)NCCC(=O)O)cc4)nc3)cc2)n1. The summed E-state index contributed by atoms with van der Waals surface area (Å²) < 4.78 is 5.49. The molecule has 5 aromatic rings. The number of hydrogen-bond acceptors (Lipinski definition) is 8. The number of hydrogen-bond donors (Lipinski definition) is 3. The van der Waals surface area contributed by atoms with Gasteiger partial charge in [-0.15, -0.1) is 0 Å². The number of unbranched alkanes of at least 4 members (excludes halogenated alkanes) is 3. The molecule has 0 aliphatic carbocycles. The molecule has 2 aromatic heterocycles. The van der Waals surface area contributed by atoms with E-state index in [9.17, 15) is 14.4 Å². The summed E-state index contributed by atoms with van der Waals surface area (Å²) in [4.78, 5) is 50.9. The Hall–Kier alpha value is -5.71. The van der Waals surface area contributed by atoms with E-state index in [-0.39, 0.29) is 36.7 Å². The van der Waals surface area contributed by atoms with E-state index in [4.69, 9.17) is 9.63 Å². The van der Waals surface area contributed by atoms with Crippen LogP contribution in [0.3, 0.4) is 0 Å². The normalized spacial score (nSPS) is 11.9. The van der Waals surface area contributed by atoms with Crippen molar-refractivity contribution in [3.63, 3.8) is 0 Å². The third-order valence-corrected chi connectivity index (χ3v) is 9.06. The standard InChI is InChI=1S/C42H48N6O5/c1-5-6-7-8-9-36-47-41(53-48-36)32-16-14-29(15-17-32)34-26-44-38(45-27-34)30-12-10-28(11-13-30)24-33(40(52)43-23-22-37(49)50)25-46-39(51)31-18-20-35(21-19-31)42(2,3)4/h10-21,26-27,33H,5-9,22-25H2,1-4H3,(H,43,52)(H,46,51)(H,49,50)/t33-/m1/s1. The van der Waals surface area contributed by atoms with Crippen LogP contribution in [0.2, 0.25) is 0 Å². The van der Waals surface area contributed by atoms with Crippen molar-refractivity contribution < 1.29 is 24.0 Å². The van der Waals surface area contributed by atoms with Gasteiger partial charge in [0.15, 0.2) is 11.6 Å². The highest BCUT2D eigenvalue weighted by Crippen LogP contribution is 2.26. The number of amides is 2. The van der Waals surface area contributed by atoms with Gasteiger partial charge in [-0.1, -0.05) is 101 Å². The highest BCUT2D eigenvalue weighted by Gasteiger charge is 2.21. The molecule has 0 aliphatic heterocycles. The molecule has 0 unspecified atom stereocenters. The van der Waals surface area contributed by atoms with Crippen LogP contribution in [0.15, 0.2) is 89.7 Å². The number of carbonyl (C=O) groups excluding carboxylic acids is 2. The van der Waals surface area contributed by atoms with Crippen LogP contribution < -0.4 is 10.6 Å². The minimum Gasteiger partial charge on any atom is -0.481 e. The minimum atomic E-state index is -1.00. The van der Waals surface area contributed by atoms with Crippen LogP contribution >= 0.6 is 0 Å². The summed E-state index contributed by atoms with van der Waals surface area (Å²) in [7, 11) is 0. The third-order valence-electron chi connectivity index (χ3n) is 9.06. The number of aryl methyl sites for hydroxylation is 1. The average Bonchev–Trinajstić information content (AvgIpc) is 3.64. The first-order valence-electron chi connectivity index (χ1n) is 18.2. The zero-order valence-electron chi connectivity index (χ0n) is 30.9. The maximum Gasteiger partial charge on any atom is 0.305 e. The molecule has 11 nitrogen and oxygen atoms in total. The molecule has 0 aliphatic rings. The predicted octanol–water partition coefficient (Wildman–Crippen LogP) is 7.46. The summed E-state index contributed by atoms with van der Waals surface area (Å²) in [5.41, 5.74) is 5.93. The van der Waals surface area contributed by atoms with Gasteiger partial charge < -0.3 is 20.3 Å². The summed E-state index contributed by atoms with van der Waals surface area (Å²) in [6, 6.07) is 22.9. The van der Waals surface area contributed by atoms with E-state index < -0.39 is 11.9 Å². The predicted molar refractivity (Wildman–Crippen MR) is 204 cm³/mol. The quantitative estimate of drug-likeness (QED) is 0.0830. The van der Waals surface area contributed by atoms with Crippen molar-refractivity contribution in [1.82, 2.24) is 30.7 Å². The van der Waals surface area contributed by atoms with Crippen molar-refractivity contribution in [2.75, 3.05) is 13.1 Å². The van der Waals surface area contributed by atoms with Gasteiger partial charge in [-0.2, -0.15) is 4.98 Å². The molecular formula is C42H48N6O5. The molecule has 0 fully saturated rings. The van der Waals surface area contributed by atoms with Crippen LogP contribution in [0.4, 0.5) is 0 Å². The molecule has 1 atom stereocenters. The Morgan fingerprint density at radius 2 is 1.45 bits per heavy atom. The Bertz CT molecular complexity index is 1950. The third kappa shape index (κ3) is 11.1. The number of nitrogens with one attached hydrogen (secondary N) is 2. The zero-order valence-corrected chi connectivity index (χ0v) is 30.9. The van der Waals surface area contributed by atoms with Gasteiger partial charge in [-0.25, -0.2) is 9.97 Å². The topological polar surface area (TPSA) is 160 Å². The average molecular weight is 717 g/mol. The molecule has 3 aromatic carbocycles. The molecule has 3 N–H and O–H groups in total. The van der Waals surface area contributed by atoms with E-state index in [1.807, 2.05) is 60.7 Å². The first-order chi connectivity index (χ1) is 25.5. The van der Waals surface area contributed by atoms with Gasteiger partial charge in [0.2, 0.25) is 5.91 Å². The summed E-state index contributed by atoms with van der Waals surface area (Å²) in [6.45, 7) is 8.60. The second-order valence-corrected chi connectivity index (χ2v) is 14.3. The lowest BCUT2D eigenvalue weighted by atomic mass is 9.86. The van der Waals surface area contributed by atoms with Gasteiger partial charge >= 0.3 is 5.97 Å². The molecule has 276 valence electrons. The van der Waals surface area contributed by atoms with E-state index in [2.05, 4.69) is 58.4 Å². The van der Waals surface area contributed by atoms with E-state index in [0.717, 1.165) is 58.5 Å². The van der Waals surface area contributed by atoms with Crippen molar-refractivity contribution in [2.24, 2.45) is 5.92 Å². The smallest absolute Gasteiger partial charge is 0.305 e. The van der Waals surface area contributed by atoms with Gasteiger partial charge in [0.25, 0.3) is 11.8 Å². The maximum atomic E-state index is 13.1. The highest BCUT2D eigenvalue weighted by molar-refractivity contribution is 5.94. The molecule has 0 radical (unpaired) electrons. The second-order valence-electron chi connectivity index (χ2n) is 14.3. The Labute approximate surface area is 310 Å². The van der Waals surface area contributed by atoms with Crippen LogP contribution in [-0.4, -0.2) is 56.1 Å². The largest absolute Gasteiger partial charge is 0.481 e. The monoisotopic (exact) mass is 716 g/mol. The fourth-order valence-electron chi connectivity index (χ4n) is 5.82. The molecular weight excluding hydrogens is 668 g/mol. The van der Waals surface area contributed by atoms with Gasteiger partial charge in [0.05, 0.1) is 12.3 Å². The number of nitrogens with zero attached hydrogens (tertiary/aromatic N) is 4. The lowest BCUT2D eigenvalue weighted by Gasteiger charge is -2.20. The second kappa shape index (κ2) is 18.2. The minimum absolute atomic E-state index is 0.00204. The molecule has 0 spiro atoms. The maximum absolute atomic E-state index is 13.1. The number of carbonyl (C=O) groups is 3. The number of benzene rings is 3. The van der Waals surface area contributed by atoms with Crippen molar-refractivity contribution in [3.05, 3.63) is 108 Å². The van der Waals surface area contributed by atoms with Gasteiger partial charge in [0, 0.05) is 54.2 Å². The Morgan fingerprint density at radius 1 is 0.792 bits per heavy atom. The molecule has 5 rings (SSSR count). The first kappa shape index (κ1) is 38.5. The highest BCUT2D eigenvalue weighted by atomic mass is 16.5. The number of carboxylic acid groups (broad SMARTS) is 1. The van der Waals surface area contributed by atoms with Gasteiger partial charge in [-0.05, 0) is 59.2 Å². The molecule has 53 heavy (non-hydrogen) atoms. The fraction of sp³-hybridized carbons (Fsp3) is 0.357. The summed E-state index contributed by atoms with van der Waals surface area (Å²) in [6.07, 6.45) is 9.14. The zero-order chi connectivity index (χ0) is 37.8. The van der Waals surface area contributed by atoms with Crippen molar-refractivity contribution in [1.29, 1.82) is 0 Å². The lowest BCUT2D eigenvalue weighted by Crippen LogP contribution is -2.40. The number of aliphatic carboxylic acids is 1.